The van der Waals surface area contributed by atoms with E-state index in [2.05, 4.69) is 5.32 Å². The first-order valence-corrected chi connectivity index (χ1v) is 6.75. The summed E-state index contributed by atoms with van der Waals surface area (Å²) in [5, 5.41) is 3.03. The Balaban J connectivity index is 0.00000242. The molecule has 2 nitrogen and oxygen atoms in total. The number of nitrogens with zero attached hydrogens (tertiary/aromatic N) is 1. The zero-order valence-electron chi connectivity index (χ0n) is 12.0. The van der Waals surface area contributed by atoms with Crippen molar-refractivity contribution in [2.24, 2.45) is 0 Å². The highest BCUT2D eigenvalue weighted by Gasteiger charge is 2.37. The lowest BCUT2D eigenvalue weighted by Crippen LogP contribution is -2.46. The molecule has 2 rings (SSSR count). The van der Waals surface area contributed by atoms with E-state index >= 15 is 0 Å². The Morgan fingerprint density at radius 1 is 1.14 bits per heavy atom. The van der Waals surface area contributed by atoms with Crippen LogP contribution in [-0.4, -0.2) is 37.3 Å². The van der Waals surface area contributed by atoms with Crippen molar-refractivity contribution in [2.45, 2.75) is 25.6 Å². The number of hydrogen-bond donors (Lipinski definition) is 1. The average Bonchev–Trinajstić information content (AvgIpc) is 2.43. The van der Waals surface area contributed by atoms with Crippen molar-refractivity contribution in [1.29, 1.82) is 0 Å². The van der Waals surface area contributed by atoms with E-state index in [0.717, 1.165) is 0 Å². The minimum atomic E-state index is -4.44. The molecule has 1 aliphatic rings. The Bertz CT molecular complexity index is 501. The van der Waals surface area contributed by atoms with Gasteiger partial charge >= 0.3 is 6.18 Å². The number of nitrogens with one attached hydrogen (secondary N) is 1. The predicted molar refractivity (Wildman–Crippen MR) is 76.2 cm³/mol. The summed E-state index contributed by atoms with van der Waals surface area (Å²) >= 11 is 0. The van der Waals surface area contributed by atoms with E-state index in [0.29, 0.717) is 26.2 Å². The lowest BCUT2D eigenvalue weighted by molar-refractivity contribution is -0.149. The SMILES string of the molecule is Cc1ccc([C@@H](CC(F)(F)F)N2CCNCC2)c(F)c1F.Cl. The Morgan fingerprint density at radius 2 is 1.73 bits per heavy atom. The molecule has 0 radical (unpaired) electrons. The summed E-state index contributed by atoms with van der Waals surface area (Å²) in [4.78, 5) is 1.55. The maximum Gasteiger partial charge on any atom is 0.390 e. The molecule has 1 fully saturated rings. The van der Waals surface area contributed by atoms with Crippen molar-refractivity contribution >= 4 is 12.4 Å². The number of halogens is 6. The number of piperazine rings is 1. The lowest BCUT2D eigenvalue weighted by atomic mass is 9.98. The number of aryl methyl sites for hydroxylation is 1. The third kappa shape index (κ3) is 4.54. The summed E-state index contributed by atoms with van der Waals surface area (Å²) in [6.07, 6.45) is -5.63. The van der Waals surface area contributed by atoms with Crippen LogP contribution >= 0.6 is 12.4 Å². The van der Waals surface area contributed by atoms with Gasteiger partial charge < -0.3 is 5.32 Å². The summed E-state index contributed by atoms with van der Waals surface area (Å²) in [6.45, 7) is 3.19. The monoisotopic (exact) mass is 344 g/mol. The van der Waals surface area contributed by atoms with Crippen molar-refractivity contribution in [3.8, 4) is 0 Å². The molecule has 0 aliphatic carbocycles. The van der Waals surface area contributed by atoms with Crippen LogP contribution in [0.25, 0.3) is 0 Å². The molecule has 0 spiro atoms. The van der Waals surface area contributed by atoms with Crippen LogP contribution in [0.5, 0.6) is 0 Å². The van der Waals surface area contributed by atoms with Crippen LogP contribution in [0, 0.1) is 18.6 Å². The van der Waals surface area contributed by atoms with Gasteiger partial charge in [-0.15, -0.1) is 12.4 Å². The molecule has 1 N–H and O–H groups in total. The summed E-state index contributed by atoms with van der Waals surface area (Å²) < 4.78 is 66.1. The topological polar surface area (TPSA) is 15.3 Å². The van der Waals surface area contributed by atoms with Crippen LogP contribution < -0.4 is 5.32 Å². The molecule has 1 atom stereocenters. The summed E-state index contributed by atoms with van der Waals surface area (Å²) in [7, 11) is 0. The van der Waals surface area contributed by atoms with Crippen LogP contribution in [0.1, 0.15) is 23.6 Å². The first-order valence-electron chi connectivity index (χ1n) is 6.75. The molecule has 8 heteroatoms. The average molecular weight is 345 g/mol. The fourth-order valence-electron chi connectivity index (χ4n) is 2.57. The standard InChI is InChI=1S/C14H17F5N2.ClH/c1-9-2-3-10(13(16)12(9)15)11(8-14(17,18)19)21-6-4-20-5-7-21;/h2-3,11,20H,4-8H2,1H3;1H/t11-;/m1./s1. The van der Waals surface area contributed by atoms with Gasteiger partial charge in [-0.1, -0.05) is 12.1 Å². The van der Waals surface area contributed by atoms with E-state index in [4.69, 9.17) is 0 Å². The van der Waals surface area contributed by atoms with Crippen molar-refractivity contribution in [3.63, 3.8) is 0 Å². The number of hydrogen-bond acceptors (Lipinski definition) is 2. The van der Waals surface area contributed by atoms with Crippen LogP contribution in [0.3, 0.4) is 0 Å². The molecule has 0 amide bonds. The van der Waals surface area contributed by atoms with Gasteiger partial charge in [-0.05, 0) is 12.5 Å². The molecular weight excluding hydrogens is 327 g/mol. The molecule has 1 saturated heterocycles. The highest BCUT2D eigenvalue weighted by atomic mass is 35.5. The molecule has 1 heterocycles. The van der Waals surface area contributed by atoms with Gasteiger partial charge in [0.2, 0.25) is 0 Å². The number of benzene rings is 1. The van der Waals surface area contributed by atoms with Gasteiger partial charge in [-0.3, -0.25) is 4.90 Å². The fraction of sp³-hybridized carbons (Fsp3) is 0.571. The van der Waals surface area contributed by atoms with Gasteiger partial charge in [0.05, 0.1) is 6.42 Å². The van der Waals surface area contributed by atoms with E-state index < -0.39 is 30.3 Å². The molecule has 1 aliphatic heterocycles. The fourth-order valence-corrected chi connectivity index (χ4v) is 2.57. The van der Waals surface area contributed by atoms with Gasteiger partial charge in [-0.25, -0.2) is 8.78 Å². The zero-order valence-corrected chi connectivity index (χ0v) is 12.8. The Morgan fingerprint density at radius 3 is 2.27 bits per heavy atom. The summed E-state index contributed by atoms with van der Waals surface area (Å²) in [5.41, 5.74) is -0.139. The maximum atomic E-state index is 14.1. The molecule has 0 saturated carbocycles. The third-order valence-electron chi connectivity index (χ3n) is 3.68. The predicted octanol–water partition coefficient (Wildman–Crippen LogP) is 3.59. The van der Waals surface area contributed by atoms with Crippen LogP contribution in [0.15, 0.2) is 12.1 Å². The number of alkyl halides is 3. The molecule has 0 aromatic heterocycles. The second-order valence-corrected chi connectivity index (χ2v) is 5.22. The van der Waals surface area contributed by atoms with Crippen molar-refractivity contribution in [3.05, 3.63) is 34.9 Å². The molecule has 1 aromatic carbocycles. The summed E-state index contributed by atoms with van der Waals surface area (Å²) in [6, 6.07) is 1.38. The van der Waals surface area contributed by atoms with Crippen LogP contribution in [-0.2, 0) is 0 Å². The van der Waals surface area contributed by atoms with Gasteiger partial charge in [0.15, 0.2) is 11.6 Å². The van der Waals surface area contributed by atoms with Gasteiger partial charge in [0.25, 0.3) is 0 Å². The quantitative estimate of drug-likeness (QED) is 0.843. The Hall–Kier alpha value is -0.920. The summed E-state index contributed by atoms with van der Waals surface area (Å²) in [5.74, 6) is -2.25. The van der Waals surface area contributed by atoms with Crippen molar-refractivity contribution in [2.75, 3.05) is 26.2 Å². The van der Waals surface area contributed by atoms with Gasteiger partial charge in [0.1, 0.15) is 0 Å². The van der Waals surface area contributed by atoms with Crippen molar-refractivity contribution in [1.82, 2.24) is 10.2 Å². The lowest BCUT2D eigenvalue weighted by Gasteiger charge is -2.35. The van der Waals surface area contributed by atoms with Crippen LogP contribution in [0.2, 0.25) is 0 Å². The Labute approximate surface area is 132 Å². The van der Waals surface area contributed by atoms with E-state index in [9.17, 15) is 22.0 Å². The van der Waals surface area contributed by atoms with Gasteiger partial charge in [-0.2, -0.15) is 13.2 Å². The Kier molecular flexibility index (Phi) is 6.58. The zero-order chi connectivity index (χ0) is 15.6. The first kappa shape index (κ1) is 19.1. The van der Waals surface area contributed by atoms with E-state index in [1.54, 1.807) is 4.90 Å². The smallest absolute Gasteiger partial charge is 0.314 e. The first-order chi connectivity index (χ1) is 9.79. The second-order valence-electron chi connectivity index (χ2n) is 5.22. The molecule has 0 bridgehead atoms. The van der Waals surface area contributed by atoms with Gasteiger partial charge in [0, 0.05) is 37.8 Å². The largest absolute Gasteiger partial charge is 0.390 e. The highest BCUT2D eigenvalue weighted by Crippen LogP contribution is 2.36. The third-order valence-corrected chi connectivity index (χ3v) is 3.68. The highest BCUT2D eigenvalue weighted by molar-refractivity contribution is 5.85. The number of rotatable bonds is 3. The second kappa shape index (κ2) is 7.57. The molecule has 126 valence electrons. The molecular formula is C14H18ClF5N2. The van der Waals surface area contributed by atoms with Crippen LogP contribution in [0.4, 0.5) is 22.0 Å². The molecule has 22 heavy (non-hydrogen) atoms. The molecule has 1 aromatic rings. The van der Waals surface area contributed by atoms with E-state index in [1.807, 2.05) is 0 Å². The van der Waals surface area contributed by atoms with E-state index in [-0.39, 0.29) is 23.5 Å². The molecule has 0 unspecified atom stereocenters. The minimum absolute atomic E-state index is 0. The minimum Gasteiger partial charge on any atom is -0.314 e. The normalized spacial score (nSPS) is 17.9. The maximum absolute atomic E-state index is 14.1. The van der Waals surface area contributed by atoms with E-state index in [1.165, 1.54) is 19.1 Å². The van der Waals surface area contributed by atoms with Crippen molar-refractivity contribution < 1.29 is 22.0 Å².